The second-order valence-electron chi connectivity index (χ2n) is 3.54. The van der Waals surface area contributed by atoms with Gasteiger partial charge in [0.25, 0.3) is 0 Å². The highest BCUT2D eigenvalue weighted by Gasteiger charge is 2.12. The van der Waals surface area contributed by atoms with E-state index >= 15 is 0 Å². The SMILES string of the molecule is C=CCn1cnc(-c2ccc(Br)cc2Cl)c1N. The van der Waals surface area contributed by atoms with Crippen molar-refractivity contribution in [1.29, 1.82) is 0 Å². The minimum Gasteiger partial charge on any atom is -0.383 e. The highest BCUT2D eigenvalue weighted by molar-refractivity contribution is 9.10. The minimum absolute atomic E-state index is 0.592. The maximum atomic E-state index is 6.17. The van der Waals surface area contributed by atoms with Gasteiger partial charge in [0.1, 0.15) is 11.5 Å². The zero-order valence-corrected chi connectivity index (χ0v) is 11.4. The molecule has 5 heteroatoms. The molecule has 2 N–H and O–H groups in total. The molecule has 0 saturated heterocycles. The highest BCUT2D eigenvalue weighted by atomic mass is 79.9. The summed E-state index contributed by atoms with van der Waals surface area (Å²) in [4.78, 5) is 4.29. The number of hydrogen-bond acceptors (Lipinski definition) is 2. The van der Waals surface area contributed by atoms with Gasteiger partial charge in [0.05, 0.1) is 11.3 Å². The summed E-state index contributed by atoms with van der Waals surface area (Å²) in [5, 5.41) is 0.620. The first kappa shape index (κ1) is 12.2. The topological polar surface area (TPSA) is 43.8 Å². The molecular formula is C12H11BrClN3. The number of halogens is 2. The monoisotopic (exact) mass is 311 g/mol. The molecule has 0 unspecified atom stereocenters. The average Bonchev–Trinajstić information content (AvgIpc) is 2.62. The predicted molar refractivity (Wildman–Crippen MR) is 75.0 cm³/mol. The zero-order valence-electron chi connectivity index (χ0n) is 9.03. The molecule has 0 fully saturated rings. The van der Waals surface area contributed by atoms with Gasteiger partial charge in [0.2, 0.25) is 0 Å². The van der Waals surface area contributed by atoms with Crippen LogP contribution in [0, 0.1) is 0 Å². The average molecular weight is 313 g/mol. The minimum atomic E-state index is 0.592. The molecule has 17 heavy (non-hydrogen) atoms. The number of nitrogens with two attached hydrogens (primary N) is 1. The van der Waals surface area contributed by atoms with Crippen LogP contribution in [0.1, 0.15) is 0 Å². The van der Waals surface area contributed by atoms with Crippen LogP contribution in [-0.2, 0) is 6.54 Å². The first-order chi connectivity index (χ1) is 8.13. The number of anilines is 1. The van der Waals surface area contributed by atoms with Gasteiger partial charge in [0.15, 0.2) is 0 Å². The van der Waals surface area contributed by atoms with Crippen molar-refractivity contribution in [2.45, 2.75) is 6.54 Å². The van der Waals surface area contributed by atoms with Crippen LogP contribution in [0.2, 0.25) is 5.02 Å². The molecule has 1 heterocycles. The van der Waals surface area contributed by atoms with E-state index in [9.17, 15) is 0 Å². The molecule has 1 aromatic carbocycles. The third kappa shape index (κ3) is 2.37. The lowest BCUT2D eigenvalue weighted by Gasteiger charge is -2.05. The molecule has 2 aromatic rings. The zero-order chi connectivity index (χ0) is 12.4. The van der Waals surface area contributed by atoms with Crippen molar-refractivity contribution in [2.24, 2.45) is 0 Å². The van der Waals surface area contributed by atoms with E-state index in [1.165, 1.54) is 0 Å². The van der Waals surface area contributed by atoms with Crippen molar-refractivity contribution in [3.63, 3.8) is 0 Å². The fourth-order valence-electron chi connectivity index (χ4n) is 1.57. The second-order valence-corrected chi connectivity index (χ2v) is 4.87. The number of nitrogens with zero attached hydrogens (tertiary/aromatic N) is 2. The number of allylic oxidation sites excluding steroid dienone is 1. The Labute approximate surface area is 113 Å². The van der Waals surface area contributed by atoms with Gasteiger partial charge in [-0.05, 0) is 12.1 Å². The van der Waals surface area contributed by atoms with E-state index in [2.05, 4.69) is 27.5 Å². The van der Waals surface area contributed by atoms with Gasteiger partial charge in [-0.25, -0.2) is 4.98 Å². The Kier molecular flexibility index (Phi) is 3.54. The molecule has 0 saturated carbocycles. The Morgan fingerprint density at radius 1 is 1.53 bits per heavy atom. The van der Waals surface area contributed by atoms with Gasteiger partial charge in [-0.1, -0.05) is 39.7 Å². The largest absolute Gasteiger partial charge is 0.383 e. The molecule has 0 bridgehead atoms. The molecule has 0 radical (unpaired) electrons. The Bertz CT molecular complexity index is 563. The first-order valence-electron chi connectivity index (χ1n) is 5.00. The normalized spacial score (nSPS) is 10.5. The van der Waals surface area contributed by atoms with Gasteiger partial charge in [-0.3, -0.25) is 0 Å². The molecule has 0 aliphatic carbocycles. The van der Waals surface area contributed by atoms with Gasteiger partial charge in [0, 0.05) is 16.6 Å². The molecular weight excluding hydrogens is 302 g/mol. The van der Waals surface area contributed by atoms with Crippen LogP contribution in [0.25, 0.3) is 11.3 Å². The van der Waals surface area contributed by atoms with E-state index < -0.39 is 0 Å². The molecule has 1 aromatic heterocycles. The van der Waals surface area contributed by atoms with E-state index in [0.29, 0.717) is 23.1 Å². The van der Waals surface area contributed by atoms with Crippen LogP contribution in [-0.4, -0.2) is 9.55 Å². The summed E-state index contributed by atoms with van der Waals surface area (Å²) in [6.07, 6.45) is 3.45. The Morgan fingerprint density at radius 2 is 2.29 bits per heavy atom. The molecule has 88 valence electrons. The van der Waals surface area contributed by atoms with Crippen LogP contribution in [0.15, 0.2) is 41.7 Å². The van der Waals surface area contributed by atoms with Crippen LogP contribution >= 0.6 is 27.5 Å². The van der Waals surface area contributed by atoms with Crippen molar-refractivity contribution in [1.82, 2.24) is 9.55 Å². The summed E-state index contributed by atoms with van der Waals surface area (Å²) in [6.45, 7) is 4.30. The lowest BCUT2D eigenvalue weighted by molar-refractivity contribution is 0.833. The highest BCUT2D eigenvalue weighted by Crippen LogP contribution is 2.32. The number of rotatable bonds is 3. The second kappa shape index (κ2) is 4.94. The van der Waals surface area contributed by atoms with Crippen molar-refractivity contribution in [3.8, 4) is 11.3 Å². The standard InChI is InChI=1S/C12H11BrClN3/c1-2-5-17-7-16-11(12(17)15)9-4-3-8(13)6-10(9)14/h2-4,6-7H,1,5,15H2. The van der Waals surface area contributed by atoms with Gasteiger partial charge >= 0.3 is 0 Å². The number of nitrogen functional groups attached to an aromatic ring is 1. The third-order valence-electron chi connectivity index (χ3n) is 2.39. The first-order valence-corrected chi connectivity index (χ1v) is 6.17. The quantitative estimate of drug-likeness (QED) is 0.878. The van der Waals surface area contributed by atoms with Crippen molar-refractivity contribution in [3.05, 3.63) is 46.7 Å². The smallest absolute Gasteiger partial charge is 0.131 e. The summed E-state index contributed by atoms with van der Waals surface area (Å²) < 4.78 is 2.75. The summed E-state index contributed by atoms with van der Waals surface area (Å²) in [6, 6.07) is 5.62. The molecule has 0 aliphatic rings. The fourth-order valence-corrected chi connectivity index (χ4v) is 2.33. The van der Waals surface area contributed by atoms with Crippen molar-refractivity contribution < 1.29 is 0 Å². The molecule has 0 amide bonds. The molecule has 0 spiro atoms. The van der Waals surface area contributed by atoms with Crippen LogP contribution < -0.4 is 5.73 Å². The van der Waals surface area contributed by atoms with E-state index in [0.717, 1.165) is 10.0 Å². The predicted octanol–water partition coefficient (Wildman–Crippen LogP) is 3.73. The molecule has 2 rings (SSSR count). The van der Waals surface area contributed by atoms with Crippen molar-refractivity contribution in [2.75, 3.05) is 5.73 Å². The number of imidazole rings is 1. The maximum absolute atomic E-state index is 6.17. The van der Waals surface area contributed by atoms with Crippen LogP contribution in [0.4, 0.5) is 5.82 Å². The lowest BCUT2D eigenvalue weighted by atomic mass is 10.1. The number of hydrogen-bond donors (Lipinski definition) is 1. The summed E-state index contributed by atoms with van der Waals surface area (Å²) in [5.74, 6) is 0.592. The fraction of sp³-hybridized carbons (Fsp3) is 0.0833. The summed E-state index contributed by atoms with van der Waals surface area (Å²) in [5.41, 5.74) is 7.54. The Morgan fingerprint density at radius 3 is 2.94 bits per heavy atom. The van der Waals surface area contributed by atoms with Gasteiger partial charge in [-0.2, -0.15) is 0 Å². The van der Waals surface area contributed by atoms with Crippen LogP contribution in [0.3, 0.4) is 0 Å². The third-order valence-corrected chi connectivity index (χ3v) is 3.20. The van der Waals surface area contributed by atoms with Crippen LogP contribution in [0.5, 0.6) is 0 Å². The molecule has 3 nitrogen and oxygen atoms in total. The summed E-state index contributed by atoms with van der Waals surface area (Å²) >= 11 is 9.53. The van der Waals surface area contributed by atoms with E-state index in [1.54, 1.807) is 12.4 Å². The Balaban J connectivity index is 2.49. The van der Waals surface area contributed by atoms with Gasteiger partial charge in [-0.15, -0.1) is 6.58 Å². The van der Waals surface area contributed by atoms with E-state index in [4.69, 9.17) is 17.3 Å². The van der Waals surface area contributed by atoms with Gasteiger partial charge < -0.3 is 10.3 Å². The number of benzene rings is 1. The number of aromatic nitrogens is 2. The lowest BCUT2D eigenvalue weighted by Crippen LogP contribution is -2.00. The van der Waals surface area contributed by atoms with Crippen molar-refractivity contribution >= 4 is 33.3 Å². The molecule has 0 atom stereocenters. The summed E-state index contributed by atoms with van der Waals surface area (Å²) in [7, 11) is 0. The molecule has 0 aliphatic heterocycles. The maximum Gasteiger partial charge on any atom is 0.131 e. The Hall–Kier alpha value is -1.26. The van der Waals surface area contributed by atoms with E-state index in [-0.39, 0.29) is 0 Å². The van der Waals surface area contributed by atoms with E-state index in [1.807, 2.05) is 22.8 Å².